The molecule has 154 valence electrons. The first-order chi connectivity index (χ1) is 13.8. The number of carbonyl (C=O) groups excluding carboxylic acids is 2. The summed E-state index contributed by atoms with van der Waals surface area (Å²) in [5.74, 6) is -0.469. The normalized spacial score (nSPS) is 16.8. The summed E-state index contributed by atoms with van der Waals surface area (Å²) < 4.78 is 26.7. The van der Waals surface area contributed by atoms with Crippen molar-refractivity contribution in [2.24, 2.45) is 0 Å². The van der Waals surface area contributed by atoms with E-state index in [1.54, 1.807) is 17.3 Å². The van der Waals surface area contributed by atoms with E-state index in [9.17, 15) is 18.0 Å². The number of anilines is 1. The van der Waals surface area contributed by atoms with Gasteiger partial charge < -0.3 is 10.2 Å². The van der Waals surface area contributed by atoms with Gasteiger partial charge in [-0.15, -0.1) is 0 Å². The Morgan fingerprint density at radius 1 is 1.17 bits per heavy atom. The van der Waals surface area contributed by atoms with Gasteiger partial charge in [0.2, 0.25) is 21.8 Å². The number of hydrogen-bond donors (Lipinski definition) is 1. The van der Waals surface area contributed by atoms with Gasteiger partial charge in [-0.3, -0.25) is 14.6 Å². The average Bonchev–Trinajstić information content (AvgIpc) is 3.18. The summed E-state index contributed by atoms with van der Waals surface area (Å²) in [5, 5.41) is 2.59. The molecular formula is C20H24N4O4S. The van der Waals surface area contributed by atoms with Gasteiger partial charge in [-0.2, -0.15) is 4.31 Å². The highest BCUT2D eigenvalue weighted by atomic mass is 32.2. The first-order valence-electron chi connectivity index (χ1n) is 9.32. The van der Waals surface area contributed by atoms with Gasteiger partial charge in [0.15, 0.2) is 0 Å². The highest BCUT2D eigenvalue weighted by Gasteiger charge is 2.32. The summed E-state index contributed by atoms with van der Waals surface area (Å²) in [7, 11) is -2.43. The van der Waals surface area contributed by atoms with E-state index in [-0.39, 0.29) is 29.3 Å². The van der Waals surface area contributed by atoms with Crippen molar-refractivity contribution in [1.29, 1.82) is 0 Å². The zero-order chi connectivity index (χ0) is 21.0. The standard InChI is InChI=1S/C20H24N4O4S/c1-15(25)22-17-5-7-18(8-6-17)29(27,28)23(2)14-20(26)24-13-3-4-19(24)16-9-11-21-12-10-16/h5-12,19H,3-4,13-14H2,1-2H3,(H,22,25). The number of pyridine rings is 1. The molecule has 2 aromatic rings. The molecule has 1 fully saturated rings. The topological polar surface area (TPSA) is 99.7 Å². The first kappa shape index (κ1) is 20.9. The van der Waals surface area contributed by atoms with Gasteiger partial charge in [0.1, 0.15) is 0 Å². The number of carbonyl (C=O) groups is 2. The SMILES string of the molecule is CC(=O)Nc1ccc(S(=O)(=O)N(C)CC(=O)N2CCCC2c2ccncc2)cc1. The van der Waals surface area contributed by atoms with Gasteiger partial charge in [0, 0.05) is 38.6 Å². The Bertz CT molecular complexity index is 977. The molecule has 1 aliphatic rings. The van der Waals surface area contributed by atoms with Crippen LogP contribution in [0.15, 0.2) is 53.7 Å². The zero-order valence-corrected chi connectivity index (χ0v) is 17.2. The van der Waals surface area contributed by atoms with Crippen LogP contribution in [-0.4, -0.2) is 54.6 Å². The average molecular weight is 417 g/mol. The zero-order valence-electron chi connectivity index (χ0n) is 16.4. The van der Waals surface area contributed by atoms with Crippen LogP contribution >= 0.6 is 0 Å². The van der Waals surface area contributed by atoms with Crippen molar-refractivity contribution in [1.82, 2.24) is 14.2 Å². The van der Waals surface area contributed by atoms with Crippen LogP contribution in [0.5, 0.6) is 0 Å². The number of sulfonamides is 1. The fourth-order valence-electron chi connectivity index (χ4n) is 3.46. The lowest BCUT2D eigenvalue weighted by molar-refractivity contribution is -0.132. The summed E-state index contributed by atoms with van der Waals surface area (Å²) in [5.41, 5.74) is 1.51. The highest BCUT2D eigenvalue weighted by molar-refractivity contribution is 7.89. The maximum absolute atomic E-state index is 12.8. The number of likely N-dealkylation sites (N-methyl/N-ethyl adjacent to an activating group) is 1. The largest absolute Gasteiger partial charge is 0.335 e. The van der Waals surface area contributed by atoms with Crippen molar-refractivity contribution in [2.75, 3.05) is 25.5 Å². The molecule has 0 radical (unpaired) electrons. The van der Waals surface area contributed by atoms with Crippen molar-refractivity contribution in [3.63, 3.8) is 0 Å². The molecule has 1 aliphatic heterocycles. The fraction of sp³-hybridized carbons (Fsp3) is 0.350. The lowest BCUT2D eigenvalue weighted by Crippen LogP contribution is -2.40. The van der Waals surface area contributed by atoms with Crippen LogP contribution in [0.25, 0.3) is 0 Å². The molecule has 0 spiro atoms. The number of aromatic nitrogens is 1. The van der Waals surface area contributed by atoms with E-state index in [0.29, 0.717) is 12.2 Å². The number of amides is 2. The third kappa shape index (κ3) is 4.80. The molecule has 1 N–H and O–H groups in total. The number of likely N-dealkylation sites (tertiary alicyclic amines) is 1. The molecule has 1 aromatic carbocycles. The van der Waals surface area contributed by atoms with E-state index in [4.69, 9.17) is 0 Å². The second-order valence-corrected chi connectivity index (χ2v) is 9.04. The molecule has 29 heavy (non-hydrogen) atoms. The van der Waals surface area contributed by atoms with E-state index in [2.05, 4.69) is 10.3 Å². The van der Waals surface area contributed by atoms with Crippen molar-refractivity contribution in [3.05, 3.63) is 54.4 Å². The fourth-order valence-corrected chi connectivity index (χ4v) is 4.58. The number of rotatable bonds is 6. The molecule has 1 aromatic heterocycles. The lowest BCUT2D eigenvalue weighted by atomic mass is 10.1. The molecule has 8 nitrogen and oxygen atoms in total. The van der Waals surface area contributed by atoms with Gasteiger partial charge in [0.05, 0.1) is 17.5 Å². The minimum atomic E-state index is -3.83. The van der Waals surface area contributed by atoms with Gasteiger partial charge in [0.25, 0.3) is 0 Å². The summed E-state index contributed by atoms with van der Waals surface area (Å²) >= 11 is 0. The predicted molar refractivity (Wildman–Crippen MR) is 108 cm³/mol. The molecule has 2 amide bonds. The molecule has 3 rings (SSSR count). The summed E-state index contributed by atoms with van der Waals surface area (Å²) in [4.78, 5) is 29.8. The van der Waals surface area contributed by atoms with E-state index in [0.717, 1.165) is 22.7 Å². The van der Waals surface area contributed by atoms with Gasteiger partial charge in [-0.05, 0) is 54.8 Å². The Balaban J connectivity index is 1.70. The summed E-state index contributed by atoms with van der Waals surface area (Å²) in [6.45, 7) is 1.74. The Kier molecular flexibility index (Phi) is 6.29. The minimum Gasteiger partial charge on any atom is -0.335 e. The van der Waals surface area contributed by atoms with Gasteiger partial charge in [-0.1, -0.05) is 0 Å². The molecular weight excluding hydrogens is 392 g/mol. The lowest BCUT2D eigenvalue weighted by Gasteiger charge is -2.27. The molecule has 0 saturated carbocycles. The first-order valence-corrected chi connectivity index (χ1v) is 10.8. The monoisotopic (exact) mass is 416 g/mol. The molecule has 9 heteroatoms. The maximum atomic E-state index is 12.8. The van der Waals surface area contributed by atoms with E-state index in [1.165, 1.54) is 38.2 Å². The van der Waals surface area contributed by atoms with Crippen molar-refractivity contribution in [2.45, 2.75) is 30.7 Å². The van der Waals surface area contributed by atoms with E-state index in [1.807, 2.05) is 12.1 Å². The van der Waals surface area contributed by atoms with Crippen LogP contribution in [0.1, 0.15) is 31.4 Å². The Morgan fingerprint density at radius 3 is 2.45 bits per heavy atom. The quantitative estimate of drug-likeness (QED) is 0.777. The highest BCUT2D eigenvalue weighted by Crippen LogP contribution is 2.31. The van der Waals surface area contributed by atoms with Crippen LogP contribution in [0.4, 0.5) is 5.69 Å². The third-order valence-corrected chi connectivity index (χ3v) is 6.72. The minimum absolute atomic E-state index is 0.0569. The van der Waals surface area contributed by atoms with Crippen LogP contribution in [0.2, 0.25) is 0 Å². The van der Waals surface area contributed by atoms with Gasteiger partial charge in [-0.25, -0.2) is 8.42 Å². The Hall–Kier alpha value is -2.78. The Morgan fingerprint density at radius 2 is 1.83 bits per heavy atom. The van der Waals surface area contributed by atoms with Crippen molar-refractivity contribution in [3.8, 4) is 0 Å². The van der Waals surface area contributed by atoms with Crippen LogP contribution in [0, 0.1) is 0 Å². The van der Waals surface area contributed by atoms with E-state index < -0.39 is 10.0 Å². The molecule has 2 heterocycles. The number of nitrogens with zero attached hydrogens (tertiary/aromatic N) is 3. The van der Waals surface area contributed by atoms with Crippen molar-refractivity contribution < 1.29 is 18.0 Å². The van der Waals surface area contributed by atoms with Crippen molar-refractivity contribution >= 4 is 27.5 Å². The number of hydrogen-bond acceptors (Lipinski definition) is 5. The Labute approximate surface area is 170 Å². The van der Waals surface area contributed by atoms with Crippen LogP contribution in [-0.2, 0) is 19.6 Å². The number of nitrogens with one attached hydrogen (secondary N) is 1. The van der Waals surface area contributed by atoms with Crippen LogP contribution in [0.3, 0.4) is 0 Å². The molecule has 0 aliphatic carbocycles. The van der Waals surface area contributed by atoms with E-state index >= 15 is 0 Å². The summed E-state index contributed by atoms with van der Waals surface area (Å²) in [6.07, 6.45) is 5.10. The predicted octanol–water partition coefficient (Wildman–Crippen LogP) is 2.02. The van der Waals surface area contributed by atoms with Gasteiger partial charge >= 0.3 is 0 Å². The van der Waals surface area contributed by atoms with Crippen LogP contribution < -0.4 is 5.32 Å². The number of benzene rings is 1. The molecule has 1 saturated heterocycles. The second kappa shape index (κ2) is 8.71. The maximum Gasteiger partial charge on any atom is 0.243 e. The smallest absolute Gasteiger partial charge is 0.243 e. The second-order valence-electron chi connectivity index (χ2n) is 6.99. The molecule has 1 atom stereocenters. The molecule has 1 unspecified atom stereocenters. The summed E-state index contributed by atoms with van der Waals surface area (Å²) in [6, 6.07) is 9.57. The third-order valence-electron chi connectivity index (χ3n) is 4.90. The molecule has 0 bridgehead atoms.